The van der Waals surface area contributed by atoms with Gasteiger partial charge in [-0.3, -0.25) is 9.63 Å². The van der Waals surface area contributed by atoms with Crippen molar-refractivity contribution in [1.29, 1.82) is 0 Å². The van der Waals surface area contributed by atoms with Crippen molar-refractivity contribution >= 4 is 6.41 Å². The van der Waals surface area contributed by atoms with Crippen LogP contribution in [0.15, 0.2) is 0 Å². The molecule has 1 amide bonds. The van der Waals surface area contributed by atoms with Crippen LogP contribution in [0.4, 0.5) is 0 Å². The van der Waals surface area contributed by atoms with Crippen molar-refractivity contribution in [3.05, 3.63) is 0 Å². The third-order valence-corrected chi connectivity index (χ3v) is 2.18. The number of hydroxylamine groups is 1. The number of carbonyl (C=O) groups is 1. The lowest BCUT2D eigenvalue weighted by atomic mass is 9.90. The zero-order chi connectivity index (χ0) is 7.94. The van der Waals surface area contributed by atoms with Gasteiger partial charge in [0.2, 0.25) is 6.41 Å². The molecule has 11 heavy (non-hydrogen) atoms. The summed E-state index contributed by atoms with van der Waals surface area (Å²) in [6.45, 7) is 0.679. The molecule has 0 unspecified atom stereocenters. The van der Waals surface area contributed by atoms with E-state index in [-0.39, 0.29) is 0 Å². The monoisotopic (exact) mass is 157 g/mol. The summed E-state index contributed by atoms with van der Waals surface area (Å²) in [4.78, 5) is 14.7. The molecule has 1 fully saturated rings. The Labute approximate surface area is 67.1 Å². The molecule has 3 nitrogen and oxygen atoms in total. The number of hydrogen-bond acceptors (Lipinski definition) is 2. The lowest BCUT2D eigenvalue weighted by molar-refractivity contribution is -0.122. The van der Waals surface area contributed by atoms with Gasteiger partial charge in [0.25, 0.3) is 0 Å². The van der Waals surface area contributed by atoms with E-state index >= 15 is 0 Å². The SMILES string of the molecule is O=CNOCC1CCCCC1. The standard InChI is InChI=1S/C8H15NO2/c10-7-9-11-6-8-4-2-1-3-5-8/h7-8H,1-6H2,(H,9,10). The third-order valence-electron chi connectivity index (χ3n) is 2.18. The molecule has 0 aliphatic heterocycles. The largest absolute Gasteiger partial charge is 0.277 e. The normalized spacial score (nSPS) is 19.6. The summed E-state index contributed by atoms with van der Waals surface area (Å²) in [5.74, 6) is 0.663. The molecule has 1 N–H and O–H groups in total. The van der Waals surface area contributed by atoms with Gasteiger partial charge in [-0.1, -0.05) is 19.3 Å². The minimum absolute atomic E-state index is 0.572. The Hall–Kier alpha value is -0.570. The fourth-order valence-electron chi connectivity index (χ4n) is 1.55. The number of rotatable bonds is 4. The van der Waals surface area contributed by atoms with Crippen molar-refractivity contribution in [2.45, 2.75) is 32.1 Å². The van der Waals surface area contributed by atoms with Gasteiger partial charge in [0.15, 0.2) is 0 Å². The lowest BCUT2D eigenvalue weighted by Crippen LogP contribution is -2.20. The minimum atomic E-state index is 0.572. The second kappa shape index (κ2) is 5.13. The van der Waals surface area contributed by atoms with Crippen molar-refractivity contribution in [2.75, 3.05) is 6.61 Å². The second-order valence-corrected chi connectivity index (χ2v) is 3.05. The molecule has 0 spiro atoms. The Kier molecular flexibility index (Phi) is 3.98. The summed E-state index contributed by atoms with van der Waals surface area (Å²) >= 11 is 0. The van der Waals surface area contributed by atoms with Gasteiger partial charge in [0, 0.05) is 0 Å². The molecule has 0 radical (unpaired) electrons. The van der Waals surface area contributed by atoms with E-state index in [2.05, 4.69) is 5.48 Å². The highest BCUT2D eigenvalue weighted by Gasteiger charge is 2.12. The van der Waals surface area contributed by atoms with E-state index in [1.165, 1.54) is 32.1 Å². The Bertz CT molecular complexity index is 111. The maximum absolute atomic E-state index is 9.81. The van der Waals surface area contributed by atoms with E-state index in [0.29, 0.717) is 18.9 Å². The highest BCUT2D eigenvalue weighted by Crippen LogP contribution is 2.23. The Morgan fingerprint density at radius 1 is 1.36 bits per heavy atom. The summed E-state index contributed by atoms with van der Waals surface area (Å²) in [5, 5.41) is 0. The molecule has 1 saturated carbocycles. The van der Waals surface area contributed by atoms with Crippen molar-refractivity contribution in [1.82, 2.24) is 5.48 Å². The average Bonchev–Trinajstić information content (AvgIpc) is 2.07. The van der Waals surface area contributed by atoms with Crippen LogP contribution in [0.2, 0.25) is 0 Å². The van der Waals surface area contributed by atoms with Gasteiger partial charge in [-0.05, 0) is 18.8 Å². The molecule has 0 saturated heterocycles. The van der Waals surface area contributed by atoms with Gasteiger partial charge >= 0.3 is 0 Å². The van der Waals surface area contributed by atoms with Gasteiger partial charge in [0.1, 0.15) is 0 Å². The van der Waals surface area contributed by atoms with Crippen LogP contribution in [0.1, 0.15) is 32.1 Å². The molecule has 0 heterocycles. The van der Waals surface area contributed by atoms with Gasteiger partial charge in [-0.2, -0.15) is 0 Å². The van der Waals surface area contributed by atoms with Crippen molar-refractivity contribution in [3.8, 4) is 0 Å². The molecule has 0 aromatic heterocycles. The van der Waals surface area contributed by atoms with Crippen molar-refractivity contribution in [3.63, 3.8) is 0 Å². The first-order chi connectivity index (χ1) is 5.43. The molecular weight excluding hydrogens is 142 g/mol. The van der Waals surface area contributed by atoms with E-state index in [9.17, 15) is 4.79 Å². The number of hydrogen-bond donors (Lipinski definition) is 1. The first-order valence-corrected chi connectivity index (χ1v) is 4.24. The fourth-order valence-corrected chi connectivity index (χ4v) is 1.55. The Morgan fingerprint density at radius 3 is 2.73 bits per heavy atom. The summed E-state index contributed by atoms with van der Waals surface area (Å²) in [6.07, 6.45) is 7.06. The fraction of sp³-hybridized carbons (Fsp3) is 0.875. The highest BCUT2D eigenvalue weighted by atomic mass is 16.6. The van der Waals surface area contributed by atoms with E-state index in [1.807, 2.05) is 0 Å². The molecule has 0 aromatic carbocycles. The quantitative estimate of drug-likeness (QED) is 0.379. The minimum Gasteiger partial charge on any atom is -0.277 e. The second-order valence-electron chi connectivity index (χ2n) is 3.05. The number of nitrogens with one attached hydrogen (secondary N) is 1. The zero-order valence-corrected chi connectivity index (χ0v) is 6.71. The van der Waals surface area contributed by atoms with Crippen LogP contribution >= 0.6 is 0 Å². The molecule has 3 heteroatoms. The molecule has 1 aliphatic carbocycles. The van der Waals surface area contributed by atoms with E-state index in [4.69, 9.17) is 4.84 Å². The van der Waals surface area contributed by atoms with Crippen molar-refractivity contribution in [2.24, 2.45) is 5.92 Å². The smallest absolute Gasteiger partial charge is 0.230 e. The molecule has 0 aromatic rings. The topological polar surface area (TPSA) is 38.3 Å². The van der Waals surface area contributed by atoms with Crippen LogP contribution in [0.3, 0.4) is 0 Å². The average molecular weight is 157 g/mol. The first-order valence-electron chi connectivity index (χ1n) is 4.24. The molecule has 0 atom stereocenters. The highest BCUT2D eigenvalue weighted by molar-refractivity contribution is 5.43. The Balaban J connectivity index is 2.00. The molecule has 1 aliphatic rings. The molecular formula is C8H15NO2. The summed E-state index contributed by atoms with van der Waals surface area (Å²) in [7, 11) is 0. The number of amides is 1. The van der Waals surface area contributed by atoms with Crippen LogP contribution in [0.5, 0.6) is 0 Å². The van der Waals surface area contributed by atoms with E-state index < -0.39 is 0 Å². The summed E-state index contributed by atoms with van der Waals surface area (Å²) in [5.41, 5.74) is 2.21. The van der Waals surface area contributed by atoms with E-state index in [0.717, 1.165) is 0 Å². The van der Waals surface area contributed by atoms with Gasteiger partial charge in [-0.25, -0.2) is 5.48 Å². The predicted octanol–water partition coefficient (Wildman–Crippen LogP) is 1.24. The van der Waals surface area contributed by atoms with Crippen LogP contribution in [0.25, 0.3) is 0 Å². The first kappa shape index (κ1) is 8.53. The van der Waals surface area contributed by atoms with Crippen LogP contribution in [-0.4, -0.2) is 13.0 Å². The van der Waals surface area contributed by atoms with Crippen molar-refractivity contribution < 1.29 is 9.63 Å². The lowest BCUT2D eigenvalue weighted by Gasteiger charge is -2.20. The van der Waals surface area contributed by atoms with Crippen LogP contribution < -0.4 is 5.48 Å². The van der Waals surface area contributed by atoms with Crippen LogP contribution in [0, 0.1) is 5.92 Å². The maximum atomic E-state index is 9.81. The zero-order valence-electron chi connectivity index (χ0n) is 6.71. The number of carbonyl (C=O) groups excluding carboxylic acids is 1. The van der Waals surface area contributed by atoms with Gasteiger partial charge < -0.3 is 0 Å². The summed E-state index contributed by atoms with van der Waals surface area (Å²) < 4.78 is 0. The maximum Gasteiger partial charge on any atom is 0.230 e. The molecule has 64 valence electrons. The third kappa shape index (κ3) is 3.37. The summed E-state index contributed by atoms with van der Waals surface area (Å²) in [6, 6.07) is 0. The van der Waals surface area contributed by atoms with Gasteiger partial charge in [-0.15, -0.1) is 0 Å². The van der Waals surface area contributed by atoms with Gasteiger partial charge in [0.05, 0.1) is 6.61 Å². The Morgan fingerprint density at radius 2 is 2.09 bits per heavy atom. The molecule has 0 bridgehead atoms. The van der Waals surface area contributed by atoms with Crippen LogP contribution in [-0.2, 0) is 9.63 Å². The van der Waals surface area contributed by atoms with E-state index in [1.54, 1.807) is 0 Å². The predicted molar refractivity (Wildman–Crippen MR) is 41.7 cm³/mol. The molecule has 1 rings (SSSR count).